The smallest absolute Gasteiger partial charge is 0.234 e. The van der Waals surface area contributed by atoms with Crippen molar-refractivity contribution in [1.29, 1.82) is 0 Å². The standard InChI is InChI=1S/C24H34N4O/c1-17-13-19(21-7-6-18(2)24-22(21)5-4-10-25-24)15-28(14-17)16-23(29)26-20-8-11-27(3)12-9-20/h4-7,10,17,19-20H,8-9,11-16H2,1-3H3,(H,26,29)/t17-,19-/m1/s1. The molecule has 3 heterocycles. The van der Waals surface area contributed by atoms with E-state index in [2.05, 4.69) is 59.2 Å². The lowest BCUT2D eigenvalue weighted by molar-refractivity contribution is -0.123. The average molecular weight is 395 g/mol. The van der Waals surface area contributed by atoms with Gasteiger partial charge in [-0.3, -0.25) is 14.7 Å². The van der Waals surface area contributed by atoms with Crippen LogP contribution < -0.4 is 5.32 Å². The van der Waals surface area contributed by atoms with Crippen molar-refractivity contribution in [2.45, 2.75) is 45.1 Å². The highest BCUT2D eigenvalue weighted by atomic mass is 16.2. The number of pyridine rings is 1. The van der Waals surface area contributed by atoms with E-state index >= 15 is 0 Å². The molecule has 0 radical (unpaired) electrons. The molecule has 2 fully saturated rings. The van der Waals surface area contributed by atoms with Crippen LogP contribution in [0.4, 0.5) is 0 Å². The summed E-state index contributed by atoms with van der Waals surface area (Å²) in [7, 11) is 2.15. The van der Waals surface area contributed by atoms with Crippen LogP contribution in [0, 0.1) is 12.8 Å². The van der Waals surface area contributed by atoms with Gasteiger partial charge in [0.15, 0.2) is 0 Å². The molecular formula is C24H34N4O. The van der Waals surface area contributed by atoms with Gasteiger partial charge < -0.3 is 10.2 Å². The zero-order valence-electron chi connectivity index (χ0n) is 18.0. The number of benzene rings is 1. The van der Waals surface area contributed by atoms with Gasteiger partial charge in [0.2, 0.25) is 5.91 Å². The Labute approximate surface area is 174 Å². The minimum atomic E-state index is 0.183. The average Bonchev–Trinajstić information content (AvgIpc) is 2.70. The number of carbonyl (C=O) groups is 1. The molecule has 5 nitrogen and oxygen atoms in total. The summed E-state index contributed by atoms with van der Waals surface area (Å²) < 4.78 is 0. The van der Waals surface area contributed by atoms with Crippen LogP contribution in [-0.2, 0) is 4.79 Å². The van der Waals surface area contributed by atoms with E-state index in [1.165, 1.54) is 22.9 Å². The fourth-order valence-electron chi connectivity index (χ4n) is 5.14. The van der Waals surface area contributed by atoms with E-state index in [1.807, 2.05) is 12.3 Å². The van der Waals surface area contributed by atoms with Gasteiger partial charge in [-0.15, -0.1) is 0 Å². The Bertz CT molecular complexity index is 859. The number of rotatable bonds is 4. The lowest BCUT2D eigenvalue weighted by Crippen LogP contribution is -2.49. The summed E-state index contributed by atoms with van der Waals surface area (Å²) in [5.74, 6) is 1.21. The Kier molecular flexibility index (Phi) is 6.16. The summed E-state index contributed by atoms with van der Waals surface area (Å²) >= 11 is 0. The molecule has 2 aliphatic rings. The van der Waals surface area contributed by atoms with Gasteiger partial charge in [0.25, 0.3) is 0 Å². The van der Waals surface area contributed by atoms with Gasteiger partial charge >= 0.3 is 0 Å². The van der Waals surface area contributed by atoms with Crippen molar-refractivity contribution in [2.24, 2.45) is 5.92 Å². The van der Waals surface area contributed by atoms with Crippen LogP contribution in [0.25, 0.3) is 10.9 Å². The molecular weight excluding hydrogens is 360 g/mol. The minimum Gasteiger partial charge on any atom is -0.352 e. The highest BCUT2D eigenvalue weighted by Gasteiger charge is 2.29. The summed E-state index contributed by atoms with van der Waals surface area (Å²) in [5, 5.41) is 4.54. The second kappa shape index (κ2) is 8.80. The van der Waals surface area contributed by atoms with Gasteiger partial charge in [-0.05, 0) is 75.4 Å². The summed E-state index contributed by atoms with van der Waals surface area (Å²) in [6.07, 6.45) is 5.16. The number of carbonyl (C=O) groups excluding carboxylic acids is 1. The molecule has 2 aromatic rings. The Morgan fingerprint density at radius 3 is 2.79 bits per heavy atom. The molecule has 1 aromatic heterocycles. The number of amides is 1. The summed E-state index contributed by atoms with van der Waals surface area (Å²) in [5.41, 5.74) is 3.71. The molecule has 2 saturated heterocycles. The molecule has 29 heavy (non-hydrogen) atoms. The number of nitrogens with zero attached hydrogens (tertiary/aromatic N) is 3. The minimum absolute atomic E-state index is 0.183. The van der Waals surface area contributed by atoms with Crippen molar-refractivity contribution in [3.63, 3.8) is 0 Å². The maximum atomic E-state index is 12.7. The van der Waals surface area contributed by atoms with Gasteiger partial charge in [0.05, 0.1) is 12.1 Å². The molecule has 2 atom stereocenters. The highest BCUT2D eigenvalue weighted by Crippen LogP contribution is 2.34. The van der Waals surface area contributed by atoms with Crippen molar-refractivity contribution in [1.82, 2.24) is 20.1 Å². The number of hydrogen-bond donors (Lipinski definition) is 1. The third-order valence-corrected chi connectivity index (χ3v) is 6.63. The number of hydrogen-bond acceptors (Lipinski definition) is 4. The first kappa shape index (κ1) is 20.3. The maximum absolute atomic E-state index is 12.7. The van der Waals surface area contributed by atoms with Gasteiger partial charge in [0, 0.05) is 30.7 Å². The van der Waals surface area contributed by atoms with Crippen molar-refractivity contribution in [3.8, 4) is 0 Å². The van der Waals surface area contributed by atoms with Crippen LogP contribution in [0.3, 0.4) is 0 Å². The number of fused-ring (bicyclic) bond motifs is 1. The van der Waals surface area contributed by atoms with E-state index in [-0.39, 0.29) is 5.91 Å². The topological polar surface area (TPSA) is 48.5 Å². The third-order valence-electron chi connectivity index (χ3n) is 6.63. The Hall–Kier alpha value is -1.98. The molecule has 5 heteroatoms. The van der Waals surface area contributed by atoms with Gasteiger partial charge in [-0.1, -0.05) is 25.1 Å². The number of nitrogens with one attached hydrogen (secondary N) is 1. The van der Waals surface area contributed by atoms with Crippen molar-refractivity contribution in [3.05, 3.63) is 41.6 Å². The van der Waals surface area contributed by atoms with Crippen LogP contribution >= 0.6 is 0 Å². The van der Waals surface area contributed by atoms with Crippen molar-refractivity contribution < 1.29 is 4.79 Å². The molecule has 0 aliphatic carbocycles. The van der Waals surface area contributed by atoms with Crippen molar-refractivity contribution >= 4 is 16.8 Å². The largest absolute Gasteiger partial charge is 0.352 e. The van der Waals surface area contributed by atoms with Crippen LogP contribution in [0.15, 0.2) is 30.5 Å². The first-order chi connectivity index (χ1) is 14.0. The second-order valence-corrected chi connectivity index (χ2v) is 9.25. The van der Waals surface area contributed by atoms with E-state index in [4.69, 9.17) is 0 Å². The molecule has 0 unspecified atom stereocenters. The molecule has 0 spiro atoms. The second-order valence-electron chi connectivity index (χ2n) is 9.25. The molecule has 1 amide bonds. The third kappa shape index (κ3) is 4.78. The monoisotopic (exact) mass is 394 g/mol. The molecule has 2 aliphatic heterocycles. The van der Waals surface area contributed by atoms with E-state index in [0.29, 0.717) is 24.4 Å². The Morgan fingerprint density at radius 2 is 2.00 bits per heavy atom. The van der Waals surface area contributed by atoms with E-state index in [9.17, 15) is 4.79 Å². The molecule has 0 saturated carbocycles. The van der Waals surface area contributed by atoms with Crippen LogP contribution in [0.2, 0.25) is 0 Å². The van der Waals surface area contributed by atoms with Crippen molar-refractivity contribution in [2.75, 3.05) is 39.8 Å². The normalized spacial score (nSPS) is 24.7. The van der Waals surface area contributed by atoms with E-state index < -0.39 is 0 Å². The Balaban J connectivity index is 1.43. The van der Waals surface area contributed by atoms with Crippen LogP contribution in [0.5, 0.6) is 0 Å². The number of likely N-dealkylation sites (tertiary alicyclic amines) is 2. The lowest BCUT2D eigenvalue weighted by Gasteiger charge is -2.37. The zero-order valence-corrected chi connectivity index (χ0v) is 18.0. The van der Waals surface area contributed by atoms with E-state index in [1.54, 1.807) is 0 Å². The number of aromatic nitrogens is 1. The van der Waals surface area contributed by atoms with Gasteiger partial charge in [0.1, 0.15) is 0 Å². The van der Waals surface area contributed by atoms with Gasteiger partial charge in [-0.25, -0.2) is 0 Å². The summed E-state index contributed by atoms with van der Waals surface area (Å²) in [6.45, 7) is 9.03. The van der Waals surface area contributed by atoms with E-state index in [0.717, 1.165) is 44.5 Å². The molecule has 4 rings (SSSR count). The molecule has 156 valence electrons. The van der Waals surface area contributed by atoms with Gasteiger partial charge in [-0.2, -0.15) is 0 Å². The maximum Gasteiger partial charge on any atom is 0.234 e. The first-order valence-electron chi connectivity index (χ1n) is 11.0. The predicted molar refractivity (Wildman–Crippen MR) is 118 cm³/mol. The predicted octanol–water partition coefficient (Wildman–Crippen LogP) is 3.18. The highest BCUT2D eigenvalue weighted by molar-refractivity contribution is 5.85. The SMILES string of the molecule is Cc1ccc([C@@H]2C[C@@H](C)CN(CC(=O)NC3CCN(C)CC3)C2)c2cccnc12. The summed E-state index contributed by atoms with van der Waals surface area (Å²) in [6, 6.07) is 9.04. The molecule has 1 aromatic carbocycles. The fourth-order valence-corrected chi connectivity index (χ4v) is 5.14. The lowest BCUT2D eigenvalue weighted by atomic mass is 9.83. The van der Waals surface area contributed by atoms with Crippen LogP contribution in [0.1, 0.15) is 43.2 Å². The first-order valence-corrected chi connectivity index (χ1v) is 11.0. The summed E-state index contributed by atoms with van der Waals surface area (Å²) in [4.78, 5) is 22.0. The number of piperidine rings is 2. The number of aryl methyl sites for hydroxylation is 1. The van der Waals surface area contributed by atoms with Crippen LogP contribution in [-0.4, -0.2) is 66.5 Å². The Morgan fingerprint density at radius 1 is 1.21 bits per heavy atom. The fraction of sp³-hybridized carbons (Fsp3) is 0.583. The zero-order chi connectivity index (χ0) is 20.4. The molecule has 0 bridgehead atoms. The quantitative estimate of drug-likeness (QED) is 0.865. The molecule has 1 N–H and O–H groups in total.